The van der Waals surface area contributed by atoms with Crippen LogP contribution in [0.15, 0.2) is 59.0 Å². The van der Waals surface area contributed by atoms with Crippen LogP contribution in [0, 0.1) is 0 Å². The molecule has 0 saturated carbocycles. The summed E-state index contributed by atoms with van der Waals surface area (Å²) in [6, 6.07) is 16.0. The number of hydrogen-bond donors (Lipinski definition) is 1. The minimum atomic E-state index is -0.398. The van der Waals surface area contributed by atoms with Crippen molar-refractivity contribution in [1.29, 1.82) is 0 Å². The number of aryl methyl sites for hydroxylation is 1. The molecule has 4 rings (SSSR count). The second-order valence-electron chi connectivity index (χ2n) is 6.04. The van der Waals surface area contributed by atoms with Gasteiger partial charge in [0, 0.05) is 7.05 Å². The second-order valence-corrected chi connectivity index (χ2v) is 6.83. The summed E-state index contributed by atoms with van der Waals surface area (Å²) in [4.78, 5) is 16.9. The Labute approximate surface area is 170 Å². The van der Waals surface area contributed by atoms with Gasteiger partial charge < -0.3 is 13.7 Å². The highest BCUT2D eigenvalue weighted by atomic mass is 35.5. The molecule has 4 aromatic rings. The highest BCUT2D eigenvalue weighted by Crippen LogP contribution is 2.32. The van der Waals surface area contributed by atoms with Gasteiger partial charge in [0.15, 0.2) is 5.76 Å². The summed E-state index contributed by atoms with van der Waals surface area (Å²) in [5.41, 5.74) is 1.72. The molecule has 8 heteroatoms. The van der Waals surface area contributed by atoms with E-state index in [0.29, 0.717) is 27.5 Å². The summed E-state index contributed by atoms with van der Waals surface area (Å²) in [5, 5.41) is 3.49. The molecule has 0 bridgehead atoms. The molecule has 6 nitrogen and oxygen atoms in total. The normalized spacial score (nSPS) is 11.0. The number of fused-ring (bicyclic) bond motifs is 1. The van der Waals surface area contributed by atoms with Gasteiger partial charge in [-0.3, -0.25) is 10.1 Å². The van der Waals surface area contributed by atoms with Gasteiger partial charge in [-0.15, -0.1) is 0 Å². The third-order valence-corrected chi connectivity index (χ3v) is 4.99. The van der Waals surface area contributed by atoms with Gasteiger partial charge in [0.25, 0.3) is 5.91 Å². The van der Waals surface area contributed by atoms with Crippen molar-refractivity contribution in [2.75, 3.05) is 5.32 Å². The lowest BCUT2D eigenvalue weighted by molar-refractivity contribution is 0.0991. The monoisotopic (exact) mass is 415 g/mol. The van der Waals surface area contributed by atoms with E-state index in [4.69, 9.17) is 32.4 Å². The SMILES string of the molecule is Cn1c(NC(=O)c2ccc(COc3cccc(Cl)c3Cl)o2)nc2ccccc21. The Hall–Kier alpha value is -2.96. The van der Waals surface area contributed by atoms with Crippen LogP contribution in [0.3, 0.4) is 0 Å². The molecule has 2 aromatic carbocycles. The standard InChI is InChI=1S/C20H15Cl2N3O3/c1-25-15-7-3-2-6-14(15)23-20(25)24-19(26)17-10-9-12(28-17)11-27-16-8-4-5-13(21)18(16)22/h2-10H,11H2,1H3,(H,23,24,26). The summed E-state index contributed by atoms with van der Waals surface area (Å²) < 4.78 is 13.0. The Morgan fingerprint density at radius 1 is 1.14 bits per heavy atom. The molecule has 1 amide bonds. The molecular formula is C20H15Cl2N3O3. The van der Waals surface area contributed by atoms with E-state index in [1.807, 2.05) is 31.3 Å². The number of carbonyl (C=O) groups is 1. The maximum Gasteiger partial charge on any atom is 0.293 e. The number of hydrogen-bond acceptors (Lipinski definition) is 4. The lowest BCUT2D eigenvalue weighted by Crippen LogP contribution is -2.14. The number of benzene rings is 2. The summed E-state index contributed by atoms with van der Waals surface area (Å²) in [7, 11) is 1.83. The Morgan fingerprint density at radius 3 is 2.79 bits per heavy atom. The summed E-state index contributed by atoms with van der Waals surface area (Å²) in [5.74, 6) is 1.11. The van der Waals surface area contributed by atoms with Gasteiger partial charge in [-0.1, -0.05) is 41.4 Å². The highest BCUT2D eigenvalue weighted by molar-refractivity contribution is 6.42. The molecule has 0 fully saturated rings. The molecule has 28 heavy (non-hydrogen) atoms. The maximum atomic E-state index is 12.5. The first kappa shape index (κ1) is 18.4. The van der Waals surface area contributed by atoms with E-state index in [-0.39, 0.29) is 12.4 Å². The molecule has 0 atom stereocenters. The molecule has 0 spiro atoms. The van der Waals surface area contributed by atoms with Gasteiger partial charge in [-0.05, 0) is 36.4 Å². The fraction of sp³-hybridized carbons (Fsp3) is 0.100. The predicted molar refractivity (Wildman–Crippen MR) is 108 cm³/mol. The summed E-state index contributed by atoms with van der Waals surface area (Å²) >= 11 is 12.1. The minimum absolute atomic E-state index is 0.111. The van der Waals surface area contributed by atoms with Gasteiger partial charge in [0.05, 0.1) is 16.1 Å². The van der Waals surface area contributed by atoms with Crippen LogP contribution in [-0.2, 0) is 13.7 Å². The first-order valence-electron chi connectivity index (χ1n) is 8.41. The molecule has 0 aliphatic rings. The number of imidazole rings is 1. The number of ether oxygens (including phenoxy) is 1. The van der Waals surface area contributed by atoms with E-state index < -0.39 is 5.91 Å². The van der Waals surface area contributed by atoms with E-state index in [9.17, 15) is 4.79 Å². The van der Waals surface area contributed by atoms with Crippen molar-refractivity contribution >= 4 is 46.1 Å². The van der Waals surface area contributed by atoms with Crippen LogP contribution >= 0.6 is 23.2 Å². The Kier molecular flexibility index (Phi) is 4.98. The van der Waals surface area contributed by atoms with E-state index in [2.05, 4.69) is 10.3 Å². The van der Waals surface area contributed by atoms with Crippen molar-refractivity contribution in [2.45, 2.75) is 6.61 Å². The lowest BCUT2D eigenvalue weighted by atomic mass is 10.3. The quantitative estimate of drug-likeness (QED) is 0.479. The first-order chi connectivity index (χ1) is 13.5. The molecule has 142 valence electrons. The zero-order chi connectivity index (χ0) is 19.7. The zero-order valence-electron chi connectivity index (χ0n) is 14.8. The average molecular weight is 416 g/mol. The largest absolute Gasteiger partial charge is 0.484 e. The van der Waals surface area contributed by atoms with Crippen molar-refractivity contribution in [3.63, 3.8) is 0 Å². The molecule has 0 aliphatic heterocycles. The fourth-order valence-corrected chi connectivity index (χ4v) is 3.09. The van der Waals surface area contributed by atoms with Crippen LogP contribution in [0.2, 0.25) is 10.0 Å². The maximum absolute atomic E-state index is 12.5. The van der Waals surface area contributed by atoms with Gasteiger partial charge in [0.2, 0.25) is 5.95 Å². The lowest BCUT2D eigenvalue weighted by Gasteiger charge is -2.07. The minimum Gasteiger partial charge on any atom is -0.484 e. The van der Waals surface area contributed by atoms with E-state index in [1.165, 1.54) is 0 Å². The molecule has 0 unspecified atom stereocenters. The van der Waals surface area contributed by atoms with Crippen molar-refractivity contribution in [3.8, 4) is 5.75 Å². The average Bonchev–Trinajstić information content (AvgIpc) is 3.29. The third-order valence-electron chi connectivity index (χ3n) is 4.18. The second kappa shape index (κ2) is 7.58. The van der Waals surface area contributed by atoms with Crippen LogP contribution in [0.25, 0.3) is 11.0 Å². The van der Waals surface area contributed by atoms with Gasteiger partial charge in [-0.25, -0.2) is 4.98 Å². The van der Waals surface area contributed by atoms with Crippen LogP contribution < -0.4 is 10.1 Å². The van der Waals surface area contributed by atoms with Crippen LogP contribution in [0.4, 0.5) is 5.95 Å². The molecular weight excluding hydrogens is 401 g/mol. The number of rotatable bonds is 5. The van der Waals surface area contributed by atoms with E-state index in [1.54, 1.807) is 34.9 Å². The molecule has 1 N–H and O–H groups in total. The fourth-order valence-electron chi connectivity index (χ4n) is 2.74. The Balaban J connectivity index is 1.45. The number of carbonyl (C=O) groups excluding carboxylic acids is 1. The Morgan fingerprint density at radius 2 is 1.96 bits per heavy atom. The van der Waals surface area contributed by atoms with E-state index in [0.717, 1.165) is 11.0 Å². The van der Waals surface area contributed by atoms with Gasteiger partial charge >= 0.3 is 0 Å². The number of aromatic nitrogens is 2. The number of nitrogens with zero attached hydrogens (tertiary/aromatic N) is 2. The van der Waals surface area contributed by atoms with Gasteiger partial charge in [0.1, 0.15) is 23.1 Å². The number of anilines is 1. The predicted octanol–water partition coefficient (Wildman–Crippen LogP) is 5.30. The molecule has 0 saturated heterocycles. The number of halogens is 2. The van der Waals surface area contributed by atoms with Crippen molar-refractivity contribution in [3.05, 3.63) is 76.2 Å². The molecule has 2 heterocycles. The number of para-hydroxylation sites is 2. The zero-order valence-corrected chi connectivity index (χ0v) is 16.3. The first-order valence-corrected chi connectivity index (χ1v) is 9.17. The van der Waals surface area contributed by atoms with Gasteiger partial charge in [-0.2, -0.15) is 0 Å². The van der Waals surface area contributed by atoms with Crippen molar-refractivity contribution < 1.29 is 13.9 Å². The molecule has 2 aromatic heterocycles. The number of furan rings is 1. The van der Waals surface area contributed by atoms with Crippen molar-refractivity contribution in [2.24, 2.45) is 7.05 Å². The van der Waals surface area contributed by atoms with E-state index >= 15 is 0 Å². The third kappa shape index (κ3) is 3.56. The number of amides is 1. The van der Waals surface area contributed by atoms with Crippen LogP contribution in [0.1, 0.15) is 16.3 Å². The Bertz CT molecular complexity index is 1170. The van der Waals surface area contributed by atoms with Crippen LogP contribution in [-0.4, -0.2) is 15.5 Å². The molecule has 0 aliphatic carbocycles. The van der Waals surface area contributed by atoms with Crippen molar-refractivity contribution in [1.82, 2.24) is 9.55 Å². The summed E-state index contributed by atoms with van der Waals surface area (Å²) in [6.45, 7) is 0.111. The van der Waals surface area contributed by atoms with Crippen LogP contribution in [0.5, 0.6) is 5.75 Å². The topological polar surface area (TPSA) is 69.3 Å². The molecule has 0 radical (unpaired) electrons. The number of nitrogens with one attached hydrogen (secondary N) is 1. The smallest absolute Gasteiger partial charge is 0.293 e. The summed E-state index contributed by atoms with van der Waals surface area (Å²) in [6.07, 6.45) is 0. The highest BCUT2D eigenvalue weighted by Gasteiger charge is 2.16.